The molecule has 1 heterocycles. The van der Waals surface area contributed by atoms with Crippen LogP contribution >= 0.6 is 12.3 Å². The zero-order valence-corrected chi connectivity index (χ0v) is 6.56. The van der Waals surface area contributed by atoms with E-state index in [2.05, 4.69) is 4.98 Å². The molecule has 0 aliphatic carbocycles. The second-order valence-corrected chi connectivity index (χ2v) is 2.46. The van der Waals surface area contributed by atoms with Crippen molar-refractivity contribution in [3.05, 3.63) is 17.7 Å². The van der Waals surface area contributed by atoms with E-state index < -0.39 is 5.91 Å². The number of hydrogen-bond donors (Lipinski definition) is 1. The van der Waals surface area contributed by atoms with E-state index >= 15 is 0 Å². The normalized spacial score (nSPS) is 10.0. The Balaban J connectivity index is 3.05. The molecule has 0 unspecified atom stereocenters. The molecule has 1 aromatic heterocycles. The van der Waals surface area contributed by atoms with Crippen molar-refractivity contribution in [2.24, 2.45) is 5.73 Å². The van der Waals surface area contributed by atoms with Crippen molar-refractivity contribution >= 4 is 18.2 Å². The molecule has 0 saturated heterocycles. The minimum atomic E-state index is -0.652. The molecule has 6 heteroatoms. The largest absolute Gasteiger partial charge is 0.364 e. The molecular formula is C5H6FN3OS. The van der Waals surface area contributed by atoms with Crippen LogP contribution in [-0.4, -0.2) is 14.9 Å². The quantitative estimate of drug-likeness (QED) is 0.718. The fourth-order valence-electron chi connectivity index (χ4n) is 0.646. The zero-order valence-electron chi connectivity index (χ0n) is 5.74. The minimum absolute atomic E-state index is 0.0200. The Hall–Kier alpha value is -1.04. The van der Waals surface area contributed by atoms with Crippen LogP contribution in [-0.2, 0) is 0 Å². The molecule has 2 N–H and O–H groups in total. The van der Waals surface area contributed by atoms with E-state index in [-0.39, 0.29) is 18.0 Å². The van der Waals surface area contributed by atoms with Gasteiger partial charge in [0.25, 0.3) is 5.91 Å². The van der Waals surface area contributed by atoms with Gasteiger partial charge in [-0.3, -0.25) is 4.79 Å². The Morgan fingerprint density at radius 2 is 2.55 bits per heavy atom. The molecule has 0 spiro atoms. The van der Waals surface area contributed by atoms with Crippen molar-refractivity contribution in [2.45, 2.75) is 6.92 Å². The standard InChI is InChI=1S/C5H6FN3OS/c1-3-8-4(5(7)10)2-9(3)11-6/h2H,1H3,(H2,7,10). The Morgan fingerprint density at radius 3 is 2.82 bits per heavy atom. The summed E-state index contributed by atoms with van der Waals surface area (Å²) in [5.74, 6) is -0.243. The molecule has 0 aliphatic heterocycles. The van der Waals surface area contributed by atoms with Gasteiger partial charge in [0.15, 0.2) is 12.3 Å². The third kappa shape index (κ3) is 1.51. The van der Waals surface area contributed by atoms with E-state index in [1.165, 1.54) is 6.20 Å². The highest BCUT2D eigenvalue weighted by atomic mass is 32.2. The molecule has 1 rings (SSSR count). The number of imidazole rings is 1. The monoisotopic (exact) mass is 175 g/mol. The first-order valence-corrected chi connectivity index (χ1v) is 3.47. The van der Waals surface area contributed by atoms with Crippen LogP contribution in [0.2, 0.25) is 0 Å². The number of nitrogens with two attached hydrogens (primary N) is 1. The Morgan fingerprint density at radius 1 is 1.91 bits per heavy atom. The SMILES string of the molecule is Cc1nc(C(N)=O)cn1SF. The van der Waals surface area contributed by atoms with Crippen molar-refractivity contribution in [1.29, 1.82) is 0 Å². The van der Waals surface area contributed by atoms with Gasteiger partial charge in [-0.05, 0) is 6.92 Å². The third-order valence-electron chi connectivity index (χ3n) is 1.17. The van der Waals surface area contributed by atoms with Crippen LogP contribution in [0.5, 0.6) is 0 Å². The number of nitrogens with zero attached hydrogens (tertiary/aromatic N) is 2. The van der Waals surface area contributed by atoms with Gasteiger partial charge in [0, 0.05) is 0 Å². The molecule has 0 fully saturated rings. The molecule has 1 amide bonds. The zero-order chi connectivity index (χ0) is 8.43. The number of carbonyl (C=O) groups excluding carboxylic acids is 1. The number of halogens is 1. The summed E-state index contributed by atoms with van der Waals surface area (Å²) < 4.78 is 13.1. The fraction of sp³-hybridized carbons (Fsp3) is 0.200. The first-order valence-electron chi connectivity index (χ1n) is 2.80. The molecule has 0 saturated carbocycles. The van der Waals surface area contributed by atoms with Crippen LogP contribution in [0.15, 0.2) is 6.20 Å². The first kappa shape index (κ1) is 8.06. The lowest BCUT2D eigenvalue weighted by molar-refractivity contribution is 0.0996. The number of primary amides is 1. The topological polar surface area (TPSA) is 60.9 Å². The Kier molecular flexibility index (Phi) is 2.13. The van der Waals surface area contributed by atoms with Gasteiger partial charge in [-0.25, -0.2) is 8.96 Å². The average molecular weight is 175 g/mol. The van der Waals surface area contributed by atoms with Crippen LogP contribution in [0.3, 0.4) is 0 Å². The Labute approximate surface area is 67.0 Å². The summed E-state index contributed by atoms with van der Waals surface area (Å²) in [6, 6.07) is 0. The first-order chi connectivity index (χ1) is 5.15. The van der Waals surface area contributed by atoms with Gasteiger partial charge in [0.2, 0.25) is 0 Å². The molecule has 0 atom stereocenters. The number of aromatic nitrogens is 2. The highest BCUT2D eigenvalue weighted by Gasteiger charge is 2.08. The van der Waals surface area contributed by atoms with Gasteiger partial charge in [0.05, 0.1) is 6.20 Å². The predicted molar refractivity (Wildman–Crippen MR) is 39.6 cm³/mol. The smallest absolute Gasteiger partial charge is 0.268 e. The summed E-state index contributed by atoms with van der Waals surface area (Å²) in [4.78, 5) is 14.2. The summed E-state index contributed by atoms with van der Waals surface area (Å²) in [5, 5.41) is 0. The summed E-state index contributed by atoms with van der Waals surface area (Å²) in [7, 11) is 0. The molecule has 0 bridgehead atoms. The predicted octanol–water partition coefficient (Wildman–Crippen LogP) is 0.671. The summed E-state index contributed by atoms with van der Waals surface area (Å²) in [6.07, 6.45) is 1.25. The van der Waals surface area contributed by atoms with Crippen molar-refractivity contribution in [2.75, 3.05) is 0 Å². The third-order valence-corrected chi connectivity index (χ3v) is 1.69. The second kappa shape index (κ2) is 2.91. The Bertz CT molecular complexity index is 285. The lowest BCUT2D eigenvalue weighted by Gasteiger charge is -1.89. The summed E-state index contributed by atoms with van der Waals surface area (Å²) >= 11 is -0.0200. The summed E-state index contributed by atoms with van der Waals surface area (Å²) in [5.41, 5.74) is 4.98. The molecule has 60 valence electrons. The van der Waals surface area contributed by atoms with Gasteiger partial charge in [-0.15, -0.1) is 3.89 Å². The molecular weight excluding hydrogens is 169 g/mol. The van der Waals surface area contributed by atoms with Gasteiger partial charge in [-0.2, -0.15) is 0 Å². The van der Waals surface area contributed by atoms with E-state index in [1.54, 1.807) is 6.92 Å². The van der Waals surface area contributed by atoms with Gasteiger partial charge in [-0.1, -0.05) is 0 Å². The summed E-state index contributed by atoms with van der Waals surface area (Å²) in [6.45, 7) is 1.58. The van der Waals surface area contributed by atoms with Gasteiger partial charge < -0.3 is 5.73 Å². The molecule has 0 aliphatic rings. The number of hydrogen-bond acceptors (Lipinski definition) is 3. The van der Waals surface area contributed by atoms with E-state index in [4.69, 9.17) is 5.73 Å². The van der Waals surface area contributed by atoms with Gasteiger partial charge in [0.1, 0.15) is 11.5 Å². The molecule has 0 aromatic carbocycles. The highest BCUT2D eigenvalue weighted by molar-refractivity contribution is 7.92. The number of rotatable bonds is 2. The second-order valence-electron chi connectivity index (χ2n) is 1.93. The van der Waals surface area contributed by atoms with E-state index in [9.17, 15) is 8.68 Å². The molecule has 0 radical (unpaired) electrons. The maximum absolute atomic E-state index is 12.0. The van der Waals surface area contributed by atoms with Crippen LogP contribution in [0.1, 0.15) is 16.3 Å². The molecule has 4 nitrogen and oxygen atoms in total. The molecule has 11 heavy (non-hydrogen) atoms. The lowest BCUT2D eigenvalue weighted by Crippen LogP contribution is -2.11. The fourth-order valence-corrected chi connectivity index (χ4v) is 0.926. The number of carbonyl (C=O) groups is 1. The van der Waals surface area contributed by atoms with E-state index in [0.29, 0.717) is 5.82 Å². The van der Waals surface area contributed by atoms with E-state index in [1.807, 2.05) is 0 Å². The number of aryl methyl sites for hydroxylation is 1. The molecule has 1 aromatic rings. The van der Waals surface area contributed by atoms with Crippen molar-refractivity contribution in [3.8, 4) is 0 Å². The van der Waals surface area contributed by atoms with E-state index in [0.717, 1.165) is 3.97 Å². The van der Waals surface area contributed by atoms with Crippen LogP contribution in [0.25, 0.3) is 0 Å². The maximum atomic E-state index is 12.0. The van der Waals surface area contributed by atoms with Crippen molar-refractivity contribution in [3.63, 3.8) is 0 Å². The van der Waals surface area contributed by atoms with Gasteiger partial charge >= 0.3 is 0 Å². The van der Waals surface area contributed by atoms with Crippen LogP contribution < -0.4 is 5.73 Å². The van der Waals surface area contributed by atoms with Crippen molar-refractivity contribution < 1.29 is 8.68 Å². The lowest BCUT2D eigenvalue weighted by atomic mass is 10.5. The number of amides is 1. The maximum Gasteiger partial charge on any atom is 0.268 e. The average Bonchev–Trinajstić information content (AvgIpc) is 2.31. The van der Waals surface area contributed by atoms with Crippen molar-refractivity contribution in [1.82, 2.24) is 8.96 Å². The van der Waals surface area contributed by atoms with Crippen LogP contribution in [0.4, 0.5) is 3.89 Å². The van der Waals surface area contributed by atoms with Crippen LogP contribution in [0, 0.1) is 6.92 Å². The minimum Gasteiger partial charge on any atom is -0.364 e. The highest BCUT2D eigenvalue weighted by Crippen LogP contribution is 2.11.